The second kappa shape index (κ2) is 9.17. The van der Waals surface area contributed by atoms with Crippen LogP contribution in [0.25, 0.3) is 11.0 Å². The predicted molar refractivity (Wildman–Crippen MR) is 101 cm³/mol. The van der Waals surface area contributed by atoms with E-state index < -0.39 is 0 Å². The summed E-state index contributed by atoms with van der Waals surface area (Å²) in [6.45, 7) is 9.68. The van der Waals surface area contributed by atoms with Crippen LogP contribution in [0.5, 0.6) is 0 Å². The van der Waals surface area contributed by atoms with Crippen molar-refractivity contribution in [3.63, 3.8) is 0 Å². The Morgan fingerprint density at radius 1 is 1.12 bits per heavy atom. The molecule has 1 aromatic heterocycles. The van der Waals surface area contributed by atoms with Gasteiger partial charge in [0.2, 0.25) is 0 Å². The van der Waals surface area contributed by atoms with Gasteiger partial charge >= 0.3 is 6.03 Å². The predicted octanol–water partition coefficient (Wildman–Crippen LogP) is 1.91. The van der Waals surface area contributed by atoms with Crippen LogP contribution < -0.4 is 16.0 Å². The molecule has 0 bridgehead atoms. The third kappa shape index (κ3) is 5.72. The Bertz CT molecular complexity index is 753. The second-order valence-electron chi connectivity index (χ2n) is 7.01. The van der Waals surface area contributed by atoms with Crippen molar-refractivity contribution < 1.29 is 9.59 Å². The Labute approximate surface area is 153 Å². The second-order valence-corrected chi connectivity index (χ2v) is 7.01. The zero-order valence-electron chi connectivity index (χ0n) is 15.9. The van der Waals surface area contributed by atoms with Gasteiger partial charge in [-0.3, -0.25) is 4.79 Å². The lowest BCUT2D eigenvalue weighted by molar-refractivity contribution is 0.0943. The third-order valence-corrected chi connectivity index (χ3v) is 3.81. The molecule has 0 radical (unpaired) electrons. The van der Waals surface area contributed by atoms with E-state index in [4.69, 9.17) is 0 Å². The summed E-state index contributed by atoms with van der Waals surface area (Å²) in [5.41, 5.74) is 2.04. The van der Waals surface area contributed by atoms with Crippen molar-refractivity contribution in [1.82, 2.24) is 30.9 Å². The Morgan fingerprint density at radius 3 is 2.54 bits per heavy atom. The number of carbonyl (C=O) groups is 2. The average molecular weight is 360 g/mol. The Morgan fingerprint density at radius 2 is 1.85 bits per heavy atom. The molecule has 3 N–H and O–H groups in total. The van der Waals surface area contributed by atoms with E-state index in [-0.39, 0.29) is 18.0 Å². The van der Waals surface area contributed by atoms with Crippen LogP contribution in [-0.2, 0) is 6.54 Å². The largest absolute Gasteiger partial charge is 0.350 e. The van der Waals surface area contributed by atoms with Gasteiger partial charge in [0, 0.05) is 24.7 Å². The molecule has 2 rings (SSSR count). The normalized spacial score (nSPS) is 11.2. The fourth-order valence-electron chi connectivity index (χ4n) is 2.44. The number of carbonyl (C=O) groups excluding carboxylic acids is 2. The highest BCUT2D eigenvalue weighted by Crippen LogP contribution is 2.13. The Balaban J connectivity index is 1.89. The first kappa shape index (κ1) is 19.7. The van der Waals surface area contributed by atoms with Gasteiger partial charge in [-0.1, -0.05) is 19.1 Å². The number of fused-ring (bicyclic) bond motifs is 1. The van der Waals surface area contributed by atoms with E-state index in [1.807, 2.05) is 19.9 Å². The van der Waals surface area contributed by atoms with Gasteiger partial charge in [-0.05, 0) is 44.4 Å². The van der Waals surface area contributed by atoms with Gasteiger partial charge < -0.3 is 16.0 Å². The maximum Gasteiger partial charge on any atom is 0.314 e. The summed E-state index contributed by atoms with van der Waals surface area (Å²) in [5.74, 6) is 0.431. The number of nitrogens with zero attached hydrogens (tertiary/aromatic N) is 3. The van der Waals surface area contributed by atoms with E-state index in [0.717, 1.165) is 11.9 Å². The van der Waals surface area contributed by atoms with Crippen molar-refractivity contribution in [2.45, 2.75) is 46.7 Å². The third-order valence-electron chi connectivity index (χ3n) is 3.81. The lowest BCUT2D eigenvalue weighted by Crippen LogP contribution is -2.38. The standard InChI is InChI=1S/C18H28N6O2/c1-12(2)7-8-19-18(26)20-9-10-24-16-6-5-14(11-15(16)22-23-24)17(25)21-13(3)4/h5-6,11-13H,7-10H2,1-4H3,(H,21,25)(H2,19,20,26). The van der Waals surface area contributed by atoms with Crippen LogP contribution in [0, 0.1) is 5.92 Å². The molecule has 0 unspecified atom stereocenters. The molecule has 0 spiro atoms. The fourth-order valence-corrected chi connectivity index (χ4v) is 2.44. The Kier molecular flexibility index (Phi) is 6.94. The zero-order chi connectivity index (χ0) is 19.1. The molecule has 0 saturated carbocycles. The van der Waals surface area contributed by atoms with Gasteiger partial charge in [-0.25, -0.2) is 9.48 Å². The maximum atomic E-state index is 12.1. The van der Waals surface area contributed by atoms with Crippen molar-refractivity contribution in [3.05, 3.63) is 23.8 Å². The van der Waals surface area contributed by atoms with Crippen LogP contribution in [0.4, 0.5) is 4.79 Å². The van der Waals surface area contributed by atoms with Gasteiger partial charge in [0.1, 0.15) is 5.52 Å². The summed E-state index contributed by atoms with van der Waals surface area (Å²) < 4.78 is 1.72. The monoisotopic (exact) mass is 360 g/mol. The average Bonchev–Trinajstić information content (AvgIpc) is 2.96. The minimum atomic E-state index is -0.178. The number of nitrogens with one attached hydrogen (secondary N) is 3. The number of rotatable bonds is 8. The summed E-state index contributed by atoms with van der Waals surface area (Å²) >= 11 is 0. The van der Waals surface area contributed by atoms with E-state index in [0.29, 0.717) is 36.6 Å². The van der Waals surface area contributed by atoms with E-state index in [1.54, 1.807) is 16.8 Å². The van der Waals surface area contributed by atoms with Crippen LogP contribution in [0.15, 0.2) is 18.2 Å². The summed E-state index contributed by atoms with van der Waals surface area (Å²) in [5, 5.41) is 16.7. The van der Waals surface area contributed by atoms with Gasteiger partial charge in [0.15, 0.2) is 0 Å². The minimum absolute atomic E-state index is 0.0756. The number of hydrogen-bond donors (Lipinski definition) is 3. The van der Waals surface area contributed by atoms with Crippen LogP contribution in [0.2, 0.25) is 0 Å². The minimum Gasteiger partial charge on any atom is -0.350 e. The van der Waals surface area contributed by atoms with Crippen molar-refractivity contribution in [3.8, 4) is 0 Å². The summed E-state index contributed by atoms with van der Waals surface area (Å²) in [6, 6.07) is 5.20. The molecule has 26 heavy (non-hydrogen) atoms. The number of aromatic nitrogens is 3. The topological polar surface area (TPSA) is 101 Å². The van der Waals surface area contributed by atoms with Crippen molar-refractivity contribution in [2.75, 3.05) is 13.1 Å². The van der Waals surface area contributed by atoms with E-state index in [9.17, 15) is 9.59 Å². The van der Waals surface area contributed by atoms with Crippen molar-refractivity contribution in [1.29, 1.82) is 0 Å². The highest BCUT2D eigenvalue weighted by Gasteiger charge is 2.11. The van der Waals surface area contributed by atoms with E-state index in [1.165, 1.54) is 0 Å². The Hall–Kier alpha value is -2.64. The van der Waals surface area contributed by atoms with E-state index in [2.05, 4.69) is 40.1 Å². The molecular formula is C18H28N6O2. The molecule has 142 valence electrons. The highest BCUT2D eigenvalue weighted by atomic mass is 16.2. The van der Waals surface area contributed by atoms with Gasteiger partial charge in [-0.15, -0.1) is 5.10 Å². The molecule has 0 aliphatic heterocycles. The van der Waals surface area contributed by atoms with Crippen molar-refractivity contribution in [2.24, 2.45) is 5.92 Å². The number of urea groups is 1. The smallest absolute Gasteiger partial charge is 0.314 e. The van der Waals surface area contributed by atoms with Crippen LogP contribution in [-0.4, -0.2) is 46.1 Å². The first-order valence-corrected chi connectivity index (χ1v) is 9.02. The quantitative estimate of drug-likeness (QED) is 0.669. The molecule has 8 heteroatoms. The van der Waals surface area contributed by atoms with Crippen LogP contribution in [0.1, 0.15) is 44.5 Å². The maximum absolute atomic E-state index is 12.1. The molecule has 3 amide bonds. The fraction of sp³-hybridized carbons (Fsp3) is 0.556. The molecular weight excluding hydrogens is 332 g/mol. The lowest BCUT2D eigenvalue weighted by atomic mass is 10.1. The molecule has 0 saturated heterocycles. The number of benzene rings is 1. The summed E-state index contributed by atoms with van der Waals surface area (Å²) in [4.78, 5) is 23.8. The molecule has 2 aromatic rings. The lowest BCUT2D eigenvalue weighted by Gasteiger charge is -2.09. The summed E-state index contributed by atoms with van der Waals surface area (Å²) in [7, 11) is 0. The molecule has 0 fully saturated rings. The van der Waals surface area contributed by atoms with Gasteiger partial charge in [-0.2, -0.15) is 0 Å². The SMILES string of the molecule is CC(C)CCNC(=O)NCCn1nnc2cc(C(=O)NC(C)C)ccc21. The first-order chi connectivity index (χ1) is 12.4. The van der Waals surface area contributed by atoms with Crippen LogP contribution >= 0.6 is 0 Å². The molecule has 1 aromatic carbocycles. The first-order valence-electron chi connectivity index (χ1n) is 9.02. The van der Waals surface area contributed by atoms with Gasteiger partial charge in [0.25, 0.3) is 5.91 Å². The van der Waals surface area contributed by atoms with Crippen molar-refractivity contribution >= 4 is 23.0 Å². The molecule has 8 nitrogen and oxygen atoms in total. The number of hydrogen-bond acceptors (Lipinski definition) is 4. The molecule has 0 atom stereocenters. The summed E-state index contributed by atoms with van der Waals surface area (Å²) in [6.07, 6.45) is 0.952. The zero-order valence-corrected chi connectivity index (χ0v) is 15.9. The highest BCUT2D eigenvalue weighted by molar-refractivity contribution is 5.97. The molecule has 0 aliphatic carbocycles. The van der Waals surface area contributed by atoms with E-state index >= 15 is 0 Å². The van der Waals surface area contributed by atoms with Crippen LogP contribution in [0.3, 0.4) is 0 Å². The molecule has 1 heterocycles. The number of amides is 3. The van der Waals surface area contributed by atoms with Gasteiger partial charge in [0.05, 0.1) is 12.1 Å². The molecule has 0 aliphatic rings.